The number of hydrogen-bond donors (Lipinski definition) is 1. The summed E-state index contributed by atoms with van der Waals surface area (Å²) < 4.78 is 5.24. The number of H-pyrrole nitrogens is 1. The first-order valence-corrected chi connectivity index (χ1v) is 5.08. The third kappa shape index (κ3) is 2.88. The molecule has 1 aromatic carbocycles. The van der Waals surface area contributed by atoms with E-state index in [0.717, 1.165) is 17.3 Å². The Labute approximate surface area is 118 Å². The van der Waals surface area contributed by atoms with Crippen LogP contribution in [0.3, 0.4) is 0 Å². The van der Waals surface area contributed by atoms with Crippen LogP contribution >= 0.6 is 0 Å². The van der Waals surface area contributed by atoms with Crippen molar-refractivity contribution in [3.63, 3.8) is 0 Å². The molecule has 0 atom stereocenters. The van der Waals surface area contributed by atoms with E-state index < -0.39 is 0 Å². The van der Waals surface area contributed by atoms with Crippen molar-refractivity contribution in [1.82, 2.24) is 4.98 Å². The van der Waals surface area contributed by atoms with Gasteiger partial charge in [-0.15, -0.1) is 0 Å². The number of fused-ring (bicyclic) bond motifs is 1. The second-order valence-corrected chi connectivity index (χ2v) is 3.42. The minimum Gasteiger partial charge on any atom is -1.00 e. The minimum atomic E-state index is -0.178. The van der Waals surface area contributed by atoms with Crippen LogP contribution in [0.25, 0.3) is 10.9 Å². The van der Waals surface area contributed by atoms with Gasteiger partial charge in [0.05, 0.1) is 0 Å². The molecule has 0 unspecified atom stereocenters. The van der Waals surface area contributed by atoms with Crippen LogP contribution in [0.4, 0.5) is 0 Å². The number of nitrogens with one attached hydrogen (secondary N) is 1. The maximum atomic E-state index is 11.3. The number of esters is 1. The predicted octanol–water partition coefficient (Wildman–Crippen LogP) is -0.0101. The van der Waals surface area contributed by atoms with Gasteiger partial charge in [0.15, 0.2) is 5.75 Å². The molecular weight excluding hydrogens is 213 g/mol. The number of carbonyl (C=O) groups excluding carboxylic acids is 1. The summed E-state index contributed by atoms with van der Waals surface area (Å²) in [5, 5.41) is 0.946. The third-order valence-corrected chi connectivity index (χ3v) is 2.23. The second kappa shape index (κ2) is 6.09. The second-order valence-electron chi connectivity index (χ2n) is 3.42. The molecule has 0 amide bonds. The zero-order valence-corrected chi connectivity index (χ0v) is 11.6. The molecule has 0 spiro atoms. The van der Waals surface area contributed by atoms with Crippen molar-refractivity contribution in [2.45, 2.75) is 19.8 Å². The van der Waals surface area contributed by atoms with Crippen LogP contribution in [0, 0.1) is 0 Å². The van der Waals surface area contributed by atoms with Crippen molar-refractivity contribution < 1.29 is 40.5 Å². The molecule has 16 heavy (non-hydrogen) atoms. The molecule has 0 saturated heterocycles. The maximum Gasteiger partial charge on any atom is 1.00 e. The average molecular weight is 227 g/mol. The SMILES string of the molecule is CCCC(=O)Oc1c[nH]c2ccccc12.[H-].[Na+]. The molecule has 0 radical (unpaired) electrons. The Hall–Kier alpha value is -0.770. The van der Waals surface area contributed by atoms with Crippen molar-refractivity contribution in [3.8, 4) is 5.75 Å². The standard InChI is InChI=1S/C12H13NO2.Na.H/c1-2-5-12(14)15-11-8-13-10-7-4-3-6-9(10)11;;/h3-4,6-8,13H,2,5H2,1H3;;/q;+1;-1. The molecule has 1 N–H and O–H groups in total. The average Bonchev–Trinajstić information content (AvgIpc) is 2.62. The van der Waals surface area contributed by atoms with E-state index in [2.05, 4.69) is 4.98 Å². The number of aromatic amines is 1. The minimum absolute atomic E-state index is 0. The number of carbonyl (C=O) groups is 1. The van der Waals surface area contributed by atoms with Crippen molar-refractivity contribution in [1.29, 1.82) is 0 Å². The molecule has 1 heterocycles. The Bertz CT molecular complexity index is 484. The van der Waals surface area contributed by atoms with Gasteiger partial charge < -0.3 is 11.1 Å². The maximum absolute atomic E-state index is 11.3. The predicted molar refractivity (Wildman–Crippen MR) is 60.0 cm³/mol. The Morgan fingerprint density at radius 1 is 1.44 bits per heavy atom. The van der Waals surface area contributed by atoms with Gasteiger partial charge in [0, 0.05) is 23.5 Å². The van der Waals surface area contributed by atoms with Crippen LogP contribution in [-0.2, 0) is 4.79 Å². The fourth-order valence-corrected chi connectivity index (χ4v) is 1.51. The van der Waals surface area contributed by atoms with Crippen LogP contribution in [0.2, 0.25) is 0 Å². The monoisotopic (exact) mass is 227 g/mol. The van der Waals surface area contributed by atoms with E-state index in [1.54, 1.807) is 6.20 Å². The summed E-state index contributed by atoms with van der Waals surface area (Å²) in [6.07, 6.45) is 2.99. The van der Waals surface area contributed by atoms with Crippen LogP contribution in [0.5, 0.6) is 5.75 Å². The molecule has 0 bridgehead atoms. The summed E-state index contributed by atoms with van der Waals surface area (Å²) in [5.41, 5.74) is 0.983. The van der Waals surface area contributed by atoms with E-state index in [1.165, 1.54) is 0 Å². The fraction of sp³-hybridized carbons (Fsp3) is 0.250. The number of benzene rings is 1. The summed E-state index contributed by atoms with van der Waals surface area (Å²) in [6.45, 7) is 1.95. The molecule has 0 saturated carbocycles. The third-order valence-electron chi connectivity index (χ3n) is 2.23. The van der Waals surface area contributed by atoms with Gasteiger partial charge in [0.2, 0.25) is 0 Å². The number of aromatic nitrogens is 1. The van der Waals surface area contributed by atoms with Gasteiger partial charge in [-0.3, -0.25) is 4.79 Å². The number of rotatable bonds is 3. The van der Waals surface area contributed by atoms with Gasteiger partial charge in [-0.25, -0.2) is 0 Å². The molecule has 0 aliphatic rings. The topological polar surface area (TPSA) is 42.1 Å². The van der Waals surface area contributed by atoms with Crippen LogP contribution in [-0.4, -0.2) is 11.0 Å². The molecular formula is C12H14NNaO2. The number of hydrogen-bond acceptors (Lipinski definition) is 2. The first kappa shape index (κ1) is 13.3. The van der Waals surface area contributed by atoms with Gasteiger partial charge >= 0.3 is 35.5 Å². The van der Waals surface area contributed by atoms with E-state index in [0.29, 0.717) is 12.2 Å². The van der Waals surface area contributed by atoms with Crippen molar-refractivity contribution in [2.24, 2.45) is 0 Å². The van der Waals surface area contributed by atoms with Gasteiger partial charge in [-0.05, 0) is 18.6 Å². The number of ether oxygens (including phenoxy) is 1. The molecule has 3 nitrogen and oxygen atoms in total. The van der Waals surface area contributed by atoms with Gasteiger partial charge in [-0.1, -0.05) is 19.1 Å². The molecule has 0 aliphatic carbocycles. The zero-order chi connectivity index (χ0) is 10.7. The summed E-state index contributed by atoms with van der Waals surface area (Å²) in [6, 6.07) is 7.75. The van der Waals surface area contributed by atoms with E-state index in [1.807, 2.05) is 31.2 Å². The Morgan fingerprint density at radius 3 is 2.94 bits per heavy atom. The molecule has 0 aliphatic heterocycles. The molecule has 2 aromatic rings. The van der Waals surface area contributed by atoms with Gasteiger partial charge in [0.25, 0.3) is 0 Å². The first-order valence-electron chi connectivity index (χ1n) is 5.08. The molecule has 2 rings (SSSR count). The van der Waals surface area contributed by atoms with Gasteiger partial charge in [0.1, 0.15) is 0 Å². The molecule has 0 fully saturated rings. The molecule has 1 aromatic heterocycles. The largest absolute Gasteiger partial charge is 1.00 e. The van der Waals surface area contributed by atoms with Crippen LogP contribution < -0.4 is 34.3 Å². The quantitative estimate of drug-likeness (QED) is 0.592. The summed E-state index contributed by atoms with van der Waals surface area (Å²) in [4.78, 5) is 14.4. The van der Waals surface area contributed by atoms with Gasteiger partial charge in [-0.2, -0.15) is 0 Å². The smallest absolute Gasteiger partial charge is 1.00 e. The summed E-state index contributed by atoms with van der Waals surface area (Å²) in [7, 11) is 0. The van der Waals surface area contributed by atoms with E-state index in [4.69, 9.17) is 4.74 Å². The summed E-state index contributed by atoms with van der Waals surface area (Å²) in [5.74, 6) is 0.436. The van der Waals surface area contributed by atoms with E-state index in [9.17, 15) is 4.79 Å². The Balaban J connectivity index is 0.00000128. The fourth-order valence-electron chi connectivity index (χ4n) is 1.51. The first-order chi connectivity index (χ1) is 7.31. The van der Waals surface area contributed by atoms with Crippen molar-refractivity contribution in [2.75, 3.05) is 0 Å². The van der Waals surface area contributed by atoms with Crippen LogP contribution in [0.15, 0.2) is 30.5 Å². The van der Waals surface area contributed by atoms with Crippen LogP contribution in [0.1, 0.15) is 21.2 Å². The molecule has 4 heteroatoms. The Morgan fingerprint density at radius 2 is 2.19 bits per heavy atom. The number of para-hydroxylation sites is 1. The van der Waals surface area contributed by atoms with E-state index in [-0.39, 0.29) is 37.0 Å². The molecule has 80 valence electrons. The zero-order valence-electron chi connectivity index (χ0n) is 10.6. The normalized spacial score (nSPS) is 9.81. The van der Waals surface area contributed by atoms with Crippen molar-refractivity contribution >= 4 is 16.9 Å². The Kier molecular flexibility index (Phi) is 5.06. The van der Waals surface area contributed by atoms with E-state index >= 15 is 0 Å². The van der Waals surface area contributed by atoms with Crippen molar-refractivity contribution in [3.05, 3.63) is 30.5 Å². The summed E-state index contributed by atoms with van der Waals surface area (Å²) >= 11 is 0.